The van der Waals surface area contributed by atoms with Crippen LogP contribution < -0.4 is 0 Å². The minimum atomic E-state index is -5.81. The molecule has 2 atom stereocenters. The Morgan fingerprint density at radius 2 is 1.56 bits per heavy atom. The van der Waals surface area contributed by atoms with E-state index in [2.05, 4.69) is 12.2 Å². The Bertz CT molecular complexity index is 370. The van der Waals surface area contributed by atoms with Crippen LogP contribution in [0.25, 0.3) is 0 Å². The summed E-state index contributed by atoms with van der Waals surface area (Å²) in [6, 6.07) is -5.21. The van der Waals surface area contributed by atoms with Gasteiger partial charge in [-0.05, 0) is 12.8 Å². The van der Waals surface area contributed by atoms with E-state index in [4.69, 9.17) is 0 Å². The first-order chi connectivity index (χ1) is 8.18. The summed E-state index contributed by atoms with van der Waals surface area (Å²) >= 11 is 4.66. The molecule has 0 bridgehead atoms. The summed E-state index contributed by atoms with van der Waals surface area (Å²) in [6.07, 6.45) is -3.73. The lowest BCUT2D eigenvalue weighted by Gasteiger charge is -2.29. The van der Waals surface area contributed by atoms with E-state index in [9.17, 15) is 26.7 Å². The van der Waals surface area contributed by atoms with Crippen molar-refractivity contribution in [2.24, 2.45) is 11.8 Å². The number of hydrogen-bond donors (Lipinski definition) is 0. The molecule has 1 amide bonds. The summed E-state index contributed by atoms with van der Waals surface area (Å²) in [4.78, 5) is 10.6. The molecule has 0 radical (unpaired) electrons. The van der Waals surface area contributed by atoms with Gasteiger partial charge in [-0.25, -0.2) is 4.90 Å². The van der Waals surface area contributed by atoms with Gasteiger partial charge < -0.3 is 0 Å². The highest BCUT2D eigenvalue weighted by Gasteiger charge is 2.68. The summed E-state index contributed by atoms with van der Waals surface area (Å²) in [5, 5.41) is 0. The zero-order valence-electron chi connectivity index (χ0n) is 9.14. The molecule has 0 aromatic rings. The maximum atomic E-state index is 13.3. The van der Waals surface area contributed by atoms with Crippen molar-refractivity contribution >= 4 is 23.1 Å². The number of fused-ring (bicyclic) bond motifs is 1. The van der Waals surface area contributed by atoms with E-state index in [1.165, 1.54) is 0 Å². The molecule has 2 nitrogen and oxygen atoms in total. The van der Waals surface area contributed by atoms with E-state index in [0.29, 0.717) is 25.7 Å². The zero-order chi connectivity index (χ0) is 13.7. The normalized spacial score (nSPS) is 29.7. The fourth-order valence-corrected chi connectivity index (χ4v) is 3.05. The first kappa shape index (κ1) is 13.6. The summed E-state index contributed by atoms with van der Waals surface area (Å²) in [6.45, 7) is 0. The smallest absolute Gasteiger partial charge is 0.274 e. The second-order valence-electron chi connectivity index (χ2n) is 4.55. The van der Waals surface area contributed by atoms with Gasteiger partial charge in [0.1, 0.15) is 0 Å². The van der Waals surface area contributed by atoms with Crippen molar-refractivity contribution in [3.63, 3.8) is 0 Å². The molecule has 2 aliphatic rings. The van der Waals surface area contributed by atoms with Crippen LogP contribution in [0.15, 0.2) is 0 Å². The molecule has 1 saturated heterocycles. The molecule has 0 N–H and O–H groups in total. The molecule has 0 aromatic heterocycles. The Morgan fingerprint density at radius 3 is 2.00 bits per heavy atom. The van der Waals surface area contributed by atoms with Gasteiger partial charge >= 0.3 is 12.2 Å². The first-order valence-corrected chi connectivity index (χ1v) is 5.91. The number of hydrogen-bond acceptors (Lipinski definition) is 2. The molecule has 0 spiro atoms. The van der Waals surface area contributed by atoms with E-state index in [1.54, 1.807) is 0 Å². The molecule has 2 unspecified atom stereocenters. The van der Waals surface area contributed by atoms with Gasteiger partial charge in [0.2, 0.25) is 5.91 Å². The Kier molecular flexibility index (Phi) is 3.11. The second-order valence-corrected chi connectivity index (χ2v) is 4.97. The summed E-state index contributed by atoms with van der Waals surface area (Å²) in [5.74, 6) is -2.64. The van der Waals surface area contributed by atoms with Gasteiger partial charge in [0, 0.05) is 11.8 Å². The number of carbonyl (C=O) groups is 1. The average molecular weight is 287 g/mol. The van der Waals surface area contributed by atoms with Crippen LogP contribution in [0.5, 0.6) is 0 Å². The second kappa shape index (κ2) is 4.11. The summed E-state index contributed by atoms with van der Waals surface area (Å²) < 4.78 is 63.5. The number of rotatable bonds is 1. The van der Waals surface area contributed by atoms with Crippen molar-refractivity contribution in [3.05, 3.63) is 0 Å². The number of halogens is 5. The van der Waals surface area contributed by atoms with E-state index in [0.717, 1.165) is 0 Å². The fourth-order valence-electron chi connectivity index (χ4n) is 2.57. The van der Waals surface area contributed by atoms with Crippen LogP contribution in [0.2, 0.25) is 0 Å². The number of thiocarbonyl (C=S) groups is 1. The predicted molar refractivity (Wildman–Crippen MR) is 55.9 cm³/mol. The monoisotopic (exact) mass is 287 g/mol. The predicted octanol–water partition coefficient (Wildman–Crippen LogP) is 3.12. The summed E-state index contributed by atoms with van der Waals surface area (Å²) in [7, 11) is 0. The molecule has 8 heteroatoms. The van der Waals surface area contributed by atoms with Crippen LogP contribution >= 0.6 is 12.2 Å². The van der Waals surface area contributed by atoms with Crippen molar-refractivity contribution in [1.29, 1.82) is 0 Å². The first-order valence-electron chi connectivity index (χ1n) is 5.50. The van der Waals surface area contributed by atoms with Crippen LogP contribution in [0, 0.1) is 11.8 Å². The number of nitrogens with zero attached hydrogens (tertiary/aromatic N) is 1. The van der Waals surface area contributed by atoms with Crippen molar-refractivity contribution in [1.82, 2.24) is 4.90 Å². The highest BCUT2D eigenvalue weighted by molar-refractivity contribution is 7.80. The van der Waals surface area contributed by atoms with Gasteiger partial charge in [0.25, 0.3) is 0 Å². The van der Waals surface area contributed by atoms with Gasteiger partial charge in [0.05, 0.1) is 4.99 Å². The molecule has 1 heterocycles. The number of carbonyl (C=O) groups excluding carboxylic acids is 1. The van der Waals surface area contributed by atoms with Crippen LogP contribution in [-0.4, -0.2) is 28.0 Å². The molecule has 102 valence electrons. The van der Waals surface area contributed by atoms with Gasteiger partial charge in [-0.15, -0.1) is 0 Å². The largest absolute Gasteiger partial charge is 0.475 e. The quantitative estimate of drug-likeness (QED) is 0.419. The zero-order valence-corrected chi connectivity index (χ0v) is 9.95. The lowest BCUT2D eigenvalue weighted by Crippen LogP contribution is -2.54. The van der Waals surface area contributed by atoms with E-state index in [-0.39, 0.29) is 0 Å². The molecular weight excluding hydrogens is 277 g/mol. The molecule has 1 aliphatic heterocycles. The highest BCUT2D eigenvalue weighted by Crippen LogP contribution is 2.47. The molecule has 1 aliphatic carbocycles. The van der Waals surface area contributed by atoms with E-state index in [1.807, 2.05) is 0 Å². The topological polar surface area (TPSA) is 20.3 Å². The van der Waals surface area contributed by atoms with Gasteiger partial charge in [0.15, 0.2) is 0 Å². The Balaban J connectivity index is 2.35. The minimum Gasteiger partial charge on any atom is -0.274 e. The van der Waals surface area contributed by atoms with Crippen LogP contribution in [0.4, 0.5) is 22.0 Å². The Labute approximate surface area is 105 Å². The number of amides is 1. The third-order valence-corrected chi connectivity index (χ3v) is 3.95. The third-order valence-electron chi connectivity index (χ3n) is 3.46. The summed E-state index contributed by atoms with van der Waals surface area (Å²) in [5.41, 5.74) is 0. The average Bonchev–Trinajstić information content (AvgIpc) is 2.51. The van der Waals surface area contributed by atoms with Crippen molar-refractivity contribution < 1.29 is 26.7 Å². The maximum Gasteiger partial charge on any atom is 0.475 e. The SMILES string of the molecule is O=C1C2CCCCC2C(=S)N1C(F)(F)C(F)(F)F. The van der Waals surface area contributed by atoms with E-state index >= 15 is 0 Å². The highest BCUT2D eigenvalue weighted by atomic mass is 32.1. The number of likely N-dealkylation sites (tertiary alicyclic amines) is 1. The van der Waals surface area contributed by atoms with Crippen LogP contribution in [0.3, 0.4) is 0 Å². The number of alkyl halides is 5. The van der Waals surface area contributed by atoms with Crippen LogP contribution in [-0.2, 0) is 4.79 Å². The lowest BCUT2D eigenvalue weighted by atomic mass is 9.81. The Hall–Kier alpha value is -0.790. The van der Waals surface area contributed by atoms with Gasteiger partial charge in [-0.3, -0.25) is 4.79 Å². The van der Waals surface area contributed by atoms with Crippen molar-refractivity contribution in [3.8, 4) is 0 Å². The van der Waals surface area contributed by atoms with Crippen LogP contribution in [0.1, 0.15) is 25.7 Å². The minimum absolute atomic E-state index is 0.327. The molecule has 18 heavy (non-hydrogen) atoms. The van der Waals surface area contributed by atoms with Gasteiger partial charge in [-0.2, -0.15) is 22.0 Å². The molecule has 2 rings (SSSR count). The molecule has 0 aromatic carbocycles. The molecule has 1 saturated carbocycles. The molecule has 2 fully saturated rings. The maximum absolute atomic E-state index is 13.3. The third kappa shape index (κ3) is 1.81. The Morgan fingerprint density at radius 1 is 1.06 bits per heavy atom. The van der Waals surface area contributed by atoms with E-state index < -0.39 is 39.9 Å². The lowest BCUT2D eigenvalue weighted by molar-refractivity contribution is -0.319. The van der Waals surface area contributed by atoms with Gasteiger partial charge in [-0.1, -0.05) is 25.1 Å². The molecular formula is C10H10F5NOS. The fraction of sp³-hybridized carbons (Fsp3) is 0.800. The standard InChI is InChI=1S/C10H10F5NOS/c11-9(12,13)10(14,15)16-7(17)5-3-1-2-4-6(5)8(16)18/h5-6H,1-4H2. The van der Waals surface area contributed by atoms with Crippen molar-refractivity contribution in [2.45, 2.75) is 37.9 Å². The van der Waals surface area contributed by atoms with Crippen molar-refractivity contribution in [2.75, 3.05) is 0 Å².